The second-order valence-electron chi connectivity index (χ2n) is 6.07. The predicted molar refractivity (Wildman–Crippen MR) is 80.7 cm³/mol. The summed E-state index contributed by atoms with van der Waals surface area (Å²) >= 11 is 0. The molecule has 0 N–H and O–H groups in total. The zero-order valence-corrected chi connectivity index (χ0v) is 13.3. The van der Waals surface area contributed by atoms with Crippen LogP contribution in [0.2, 0.25) is 0 Å². The van der Waals surface area contributed by atoms with Crippen molar-refractivity contribution in [1.29, 1.82) is 0 Å². The van der Waals surface area contributed by atoms with Crippen molar-refractivity contribution in [3.05, 3.63) is 11.6 Å². The maximum absolute atomic E-state index is 11.5. The maximum Gasteiger partial charge on any atom is 0.157 e. The van der Waals surface area contributed by atoms with Gasteiger partial charge in [-0.1, -0.05) is 53.5 Å². The number of carbonyl (C=O) groups excluding carboxylic acids is 1. The van der Waals surface area contributed by atoms with Crippen molar-refractivity contribution in [2.24, 2.45) is 17.8 Å². The molecule has 0 unspecified atom stereocenters. The van der Waals surface area contributed by atoms with Gasteiger partial charge in [0.15, 0.2) is 5.78 Å². The van der Waals surface area contributed by atoms with Crippen molar-refractivity contribution < 1.29 is 4.79 Å². The van der Waals surface area contributed by atoms with E-state index in [1.807, 2.05) is 13.8 Å². The van der Waals surface area contributed by atoms with Crippen molar-refractivity contribution in [3.8, 4) is 0 Å². The normalized spacial score (nSPS) is 17.3. The van der Waals surface area contributed by atoms with Crippen LogP contribution in [-0.4, -0.2) is 5.78 Å². The van der Waals surface area contributed by atoms with Gasteiger partial charge in [0.25, 0.3) is 0 Å². The molecule has 0 aromatic carbocycles. The Morgan fingerprint density at radius 1 is 1.06 bits per heavy atom. The lowest BCUT2D eigenvalue weighted by molar-refractivity contribution is -0.115. The quantitative estimate of drug-likeness (QED) is 0.502. The Kier molecular flexibility index (Phi) is 9.05. The van der Waals surface area contributed by atoms with E-state index >= 15 is 0 Å². The Labute approximate surface area is 114 Å². The second kappa shape index (κ2) is 9.35. The predicted octanol–water partition coefficient (Wildman–Crippen LogP) is 5.40. The fraction of sp³-hybridized carbons (Fsp3) is 0.824. The molecule has 1 heteroatoms. The van der Waals surface area contributed by atoms with E-state index in [9.17, 15) is 4.79 Å². The summed E-state index contributed by atoms with van der Waals surface area (Å²) < 4.78 is 0. The molecule has 0 aromatic heterocycles. The molecule has 1 nitrogen and oxygen atoms in total. The van der Waals surface area contributed by atoms with E-state index in [1.54, 1.807) is 0 Å². The molecule has 0 aliphatic rings. The van der Waals surface area contributed by atoms with Gasteiger partial charge in [-0.05, 0) is 43.1 Å². The lowest BCUT2D eigenvalue weighted by atomic mass is 9.87. The van der Waals surface area contributed by atoms with Crippen molar-refractivity contribution in [3.63, 3.8) is 0 Å². The van der Waals surface area contributed by atoms with Crippen LogP contribution < -0.4 is 0 Å². The fourth-order valence-corrected chi connectivity index (χ4v) is 2.90. The first-order valence-electron chi connectivity index (χ1n) is 7.62. The van der Waals surface area contributed by atoms with Crippen molar-refractivity contribution in [1.82, 2.24) is 0 Å². The van der Waals surface area contributed by atoms with Crippen molar-refractivity contribution in [2.45, 2.75) is 73.6 Å². The van der Waals surface area contributed by atoms with E-state index in [0.717, 1.165) is 17.4 Å². The molecule has 0 radical (unpaired) electrons. The number of ketones is 1. The van der Waals surface area contributed by atoms with Crippen LogP contribution >= 0.6 is 0 Å². The first-order chi connectivity index (χ1) is 8.40. The highest BCUT2D eigenvalue weighted by Crippen LogP contribution is 2.23. The van der Waals surface area contributed by atoms with Gasteiger partial charge in [-0.25, -0.2) is 0 Å². The topological polar surface area (TPSA) is 17.1 Å². The lowest BCUT2D eigenvalue weighted by Gasteiger charge is -2.19. The van der Waals surface area contributed by atoms with E-state index in [1.165, 1.54) is 25.7 Å². The van der Waals surface area contributed by atoms with Crippen LogP contribution in [0.1, 0.15) is 73.6 Å². The molecule has 0 fully saturated rings. The molecule has 0 bridgehead atoms. The second-order valence-corrected chi connectivity index (χ2v) is 6.07. The molecule has 18 heavy (non-hydrogen) atoms. The number of hydrogen-bond donors (Lipinski definition) is 0. The summed E-state index contributed by atoms with van der Waals surface area (Å²) in [5.41, 5.74) is 0.943. The molecule has 0 rings (SSSR count). The van der Waals surface area contributed by atoms with Gasteiger partial charge in [0.2, 0.25) is 0 Å². The molecule has 0 amide bonds. The van der Waals surface area contributed by atoms with E-state index in [0.29, 0.717) is 12.3 Å². The van der Waals surface area contributed by atoms with Crippen LogP contribution in [0.15, 0.2) is 11.6 Å². The third-order valence-electron chi connectivity index (χ3n) is 3.66. The van der Waals surface area contributed by atoms with Gasteiger partial charge >= 0.3 is 0 Å². The van der Waals surface area contributed by atoms with Crippen molar-refractivity contribution >= 4 is 5.78 Å². The molecule has 0 aromatic rings. The number of hydrogen-bond acceptors (Lipinski definition) is 1. The summed E-state index contributed by atoms with van der Waals surface area (Å²) in [6, 6.07) is 0. The van der Waals surface area contributed by atoms with Gasteiger partial charge < -0.3 is 0 Å². The highest BCUT2D eigenvalue weighted by atomic mass is 16.1. The molecule has 0 aliphatic heterocycles. The van der Waals surface area contributed by atoms with E-state index in [2.05, 4.69) is 33.8 Å². The fourth-order valence-electron chi connectivity index (χ4n) is 2.90. The van der Waals surface area contributed by atoms with Crippen LogP contribution in [0.3, 0.4) is 0 Å². The minimum absolute atomic E-state index is 0.286. The van der Waals surface area contributed by atoms with Crippen molar-refractivity contribution in [2.75, 3.05) is 0 Å². The maximum atomic E-state index is 11.5. The summed E-state index contributed by atoms with van der Waals surface area (Å²) in [5.74, 6) is 2.39. The summed E-state index contributed by atoms with van der Waals surface area (Å²) in [5, 5.41) is 0. The Balaban J connectivity index is 4.14. The molecule has 3 atom stereocenters. The standard InChI is InChI=1S/C17H32O/c1-7-9-13(3)10-14(4)11-15(5)12-16(6)17(18)8-2/h12-15H,7-11H2,1-6H3/b16-12+/t13-,14-,15-/m1/s1. The van der Waals surface area contributed by atoms with Gasteiger partial charge in [0, 0.05) is 6.42 Å². The lowest BCUT2D eigenvalue weighted by Crippen LogP contribution is -2.08. The van der Waals surface area contributed by atoms with Gasteiger partial charge in [0.1, 0.15) is 0 Å². The van der Waals surface area contributed by atoms with E-state index in [-0.39, 0.29) is 5.78 Å². The van der Waals surface area contributed by atoms with E-state index in [4.69, 9.17) is 0 Å². The molecule has 0 saturated heterocycles. The molecular formula is C17H32O. The molecule has 0 heterocycles. The minimum atomic E-state index is 0.286. The summed E-state index contributed by atoms with van der Waals surface area (Å²) in [7, 11) is 0. The summed E-state index contributed by atoms with van der Waals surface area (Å²) in [6.07, 6.45) is 7.91. The van der Waals surface area contributed by atoms with Gasteiger partial charge in [-0.3, -0.25) is 4.79 Å². The third-order valence-corrected chi connectivity index (χ3v) is 3.66. The minimum Gasteiger partial charge on any atom is -0.295 e. The van der Waals surface area contributed by atoms with Crippen LogP contribution in [0.4, 0.5) is 0 Å². The average molecular weight is 252 g/mol. The number of Topliss-reactive ketones (excluding diaryl/α,β-unsaturated/α-hetero) is 1. The van der Waals surface area contributed by atoms with Crippen LogP contribution in [0.25, 0.3) is 0 Å². The Morgan fingerprint density at radius 3 is 2.17 bits per heavy atom. The Bertz CT molecular complexity index is 265. The number of rotatable bonds is 9. The van der Waals surface area contributed by atoms with Gasteiger partial charge in [0.05, 0.1) is 0 Å². The third kappa shape index (κ3) is 7.68. The Hall–Kier alpha value is -0.590. The molecular weight excluding hydrogens is 220 g/mol. The number of carbonyl (C=O) groups is 1. The zero-order valence-electron chi connectivity index (χ0n) is 13.3. The van der Waals surface area contributed by atoms with Crippen LogP contribution in [0, 0.1) is 17.8 Å². The van der Waals surface area contributed by atoms with Crippen LogP contribution in [-0.2, 0) is 4.79 Å². The zero-order chi connectivity index (χ0) is 14.1. The Morgan fingerprint density at radius 2 is 1.67 bits per heavy atom. The van der Waals surface area contributed by atoms with Crippen LogP contribution in [0.5, 0.6) is 0 Å². The SMILES string of the molecule is CCC[C@@H](C)C[C@@H](C)C[C@@H](C)/C=C(\C)C(=O)CC. The number of allylic oxidation sites excluding steroid dienone is 2. The monoisotopic (exact) mass is 252 g/mol. The molecule has 0 aliphatic carbocycles. The largest absolute Gasteiger partial charge is 0.295 e. The highest BCUT2D eigenvalue weighted by Gasteiger charge is 2.12. The average Bonchev–Trinajstić information content (AvgIpc) is 2.27. The highest BCUT2D eigenvalue weighted by molar-refractivity contribution is 5.94. The smallest absolute Gasteiger partial charge is 0.157 e. The molecule has 0 saturated carbocycles. The first-order valence-corrected chi connectivity index (χ1v) is 7.62. The van der Waals surface area contributed by atoms with Gasteiger partial charge in [-0.2, -0.15) is 0 Å². The van der Waals surface area contributed by atoms with E-state index < -0.39 is 0 Å². The molecule has 0 spiro atoms. The first kappa shape index (κ1) is 17.4. The summed E-state index contributed by atoms with van der Waals surface area (Å²) in [6.45, 7) is 13.1. The summed E-state index contributed by atoms with van der Waals surface area (Å²) in [4.78, 5) is 11.5. The van der Waals surface area contributed by atoms with Gasteiger partial charge in [-0.15, -0.1) is 0 Å². The molecule has 106 valence electrons.